The molecule has 0 aliphatic heterocycles. The number of hydrogen-bond donors (Lipinski definition) is 0. The van der Waals surface area contributed by atoms with E-state index in [1.807, 2.05) is 12.4 Å². The van der Waals surface area contributed by atoms with Gasteiger partial charge in [0, 0.05) is 56.0 Å². The molecule has 0 fully saturated rings. The highest BCUT2D eigenvalue weighted by Gasteiger charge is 2.25. The lowest BCUT2D eigenvalue weighted by atomic mass is 10.00. The Morgan fingerprint density at radius 3 is 1.94 bits per heavy atom. The van der Waals surface area contributed by atoms with E-state index in [4.69, 9.17) is 0 Å². The molecular formula is C49H29N3. The lowest BCUT2D eigenvalue weighted by molar-refractivity contribution is 1.18. The van der Waals surface area contributed by atoms with Gasteiger partial charge in [0.1, 0.15) is 0 Å². The van der Waals surface area contributed by atoms with Crippen molar-refractivity contribution in [1.29, 1.82) is 0 Å². The third-order valence-electron chi connectivity index (χ3n) is 11.3. The van der Waals surface area contributed by atoms with Crippen LogP contribution in [0.15, 0.2) is 176 Å². The number of pyridine rings is 1. The highest BCUT2D eigenvalue weighted by atomic mass is 15.0. The zero-order chi connectivity index (χ0) is 33.9. The highest BCUT2D eigenvalue weighted by Crippen LogP contribution is 2.49. The Hall–Kier alpha value is -6.97. The molecule has 0 bridgehead atoms. The Balaban J connectivity index is 1.12. The monoisotopic (exact) mass is 659 g/mol. The van der Waals surface area contributed by atoms with Crippen molar-refractivity contribution in [2.45, 2.75) is 0 Å². The van der Waals surface area contributed by atoms with Crippen molar-refractivity contribution in [1.82, 2.24) is 14.1 Å². The van der Waals surface area contributed by atoms with Crippen LogP contribution < -0.4 is 0 Å². The quantitative estimate of drug-likeness (QED) is 0.185. The average molecular weight is 660 g/mol. The van der Waals surface area contributed by atoms with Gasteiger partial charge in [-0.15, -0.1) is 0 Å². The molecule has 3 heterocycles. The van der Waals surface area contributed by atoms with Crippen LogP contribution in [-0.2, 0) is 0 Å². The average Bonchev–Trinajstić information content (AvgIpc) is 3.85. The van der Waals surface area contributed by atoms with Crippen LogP contribution in [0.5, 0.6) is 0 Å². The van der Waals surface area contributed by atoms with E-state index in [1.165, 1.54) is 110 Å². The molecule has 0 N–H and O–H groups in total. The molecule has 0 unspecified atom stereocenters. The van der Waals surface area contributed by atoms with Crippen LogP contribution in [-0.4, -0.2) is 14.1 Å². The Labute approximate surface area is 299 Å². The third-order valence-corrected chi connectivity index (χ3v) is 11.3. The minimum Gasteiger partial charge on any atom is -0.309 e. The first-order valence-corrected chi connectivity index (χ1v) is 17.9. The topological polar surface area (TPSA) is 22.8 Å². The Kier molecular flexibility index (Phi) is 5.50. The van der Waals surface area contributed by atoms with Crippen molar-refractivity contribution < 1.29 is 0 Å². The molecule has 1 aliphatic carbocycles. The van der Waals surface area contributed by atoms with Gasteiger partial charge in [0.25, 0.3) is 0 Å². The summed E-state index contributed by atoms with van der Waals surface area (Å²) in [5.41, 5.74) is 14.7. The van der Waals surface area contributed by atoms with Crippen LogP contribution in [0.4, 0.5) is 0 Å². The molecule has 3 heteroatoms. The van der Waals surface area contributed by atoms with Crippen molar-refractivity contribution >= 4 is 65.2 Å². The lowest BCUT2D eigenvalue weighted by Gasteiger charge is -2.14. The number of hydrogen-bond acceptors (Lipinski definition) is 1. The van der Waals surface area contributed by atoms with E-state index in [0.29, 0.717) is 0 Å². The fraction of sp³-hybridized carbons (Fsp3) is 0. The van der Waals surface area contributed by atoms with Gasteiger partial charge >= 0.3 is 0 Å². The number of fused-ring (bicyclic) bond motifs is 11. The molecule has 0 saturated carbocycles. The van der Waals surface area contributed by atoms with Gasteiger partial charge in [-0.1, -0.05) is 109 Å². The zero-order valence-corrected chi connectivity index (χ0v) is 28.1. The van der Waals surface area contributed by atoms with E-state index in [-0.39, 0.29) is 0 Å². The minimum atomic E-state index is 1.17. The maximum atomic E-state index is 4.49. The van der Waals surface area contributed by atoms with Gasteiger partial charge in [0.15, 0.2) is 0 Å². The van der Waals surface area contributed by atoms with E-state index in [0.717, 1.165) is 0 Å². The fourth-order valence-corrected chi connectivity index (χ4v) is 9.10. The highest BCUT2D eigenvalue weighted by molar-refractivity contribution is 6.22. The van der Waals surface area contributed by atoms with E-state index < -0.39 is 0 Å². The molecule has 8 aromatic carbocycles. The fourth-order valence-electron chi connectivity index (χ4n) is 9.10. The molecule has 3 nitrogen and oxygen atoms in total. The van der Waals surface area contributed by atoms with Crippen LogP contribution in [0.3, 0.4) is 0 Å². The second-order valence-electron chi connectivity index (χ2n) is 14.0. The molecular weight excluding hydrogens is 631 g/mol. The first kappa shape index (κ1) is 27.8. The van der Waals surface area contributed by atoms with Gasteiger partial charge in [-0.25, -0.2) is 0 Å². The third kappa shape index (κ3) is 3.66. The molecule has 1 aliphatic rings. The summed E-state index contributed by atoms with van der Waals surface area (Å²) in [5, 5.41) is 10.1. The SMILES string of the molecule is c1ccc(-n2c3ccccc3c3cc(-c4ccc5c(c4)c4ccc6ccccc6c4n5-c4ccc5c6c(cccc46)-c4cnccc4-5)ccc32)cc1. The number of rotatable bonds is 3. The van der Waals surface area contributed by atoms with Crippen LogP contribution in [0, 0.1) is 0 Å². The smallest absolute Gasteiger partial charge is 0.0619 e. The maximum absolute atomic E-state index is 4.49. The Morgan fingerprint density at radius 2 is 1.08 bits per heavy atom. The van der Waals surface area contributed by atoms with Gasteiger partial charge in [0.05, 0.1) is 27.8 Å². The molecule has 11 aromatic rings. The van der Waals surface area contributed by atoms with Crippen LogP contribution in [0.25, 0.3) is 110 Å². The van der Waals surface area contributed by atoms with Gasteiger partial charge in [-0.3, -0.25) is 4.98 Å². The van der Waals surface area contributed by atoms with E-state index in [9.17, 15) is 0 Å². The molecule has 0 atom stereocenters. The van der Waals surface area contributed by atoms with Gasteiger partial charge in [-0.05, 0) is 93.2 Å². The summed E-state index contributed by atoms with van der Waals surface area (Å²) in [6.45, 7) is 0. The van der Waals surface area contributed by atoms with E-state index in [1.54, 1.807) is 0 Å². The van der Waals surface area contributed by atoms with E-state index in [2.05, 4.69) is 178 Å². The Morgan fingerprint density at radius 1 is 0.385 bits per heavy atom. The largest absolute Gasteiger partial charge is 0.309 e. The molecule has 0 spiro atoms. The summed E-state index contributed by atoms with van der Waals surface area (Å²) in [6.07, 6.45) is 3.91. The predicted octanol–water partition coefficient (Wildman–Crippen LogP) is 12.9. The summed E-state index contributed by atoms with van der Waals surface area (Å²) in [7, 11) is 0. The predicted molar refractivity (Wildman–Crippen MR) is 218 cm³/mol. The number of aromatic nitrogens is 3. The first-order valence-electron chi connectivity index (χ1n) is 17.9. The first-order chi connectivity index (χ1) is 25.8. The second-order valence-corrected chi connectivity index (χ2v) is 14.0. The standard InChI is InChI=1S/C49H29N3/c1-2-10-33(11-3-1)51-44-16-7-6-13-36(44)41-27-31(18-22-46(41)51)32-19-23-47-42(28-32)39-20-17-30-9-4-5-12-34(30)49(39)52(47)45-24-21-38-35-25-26-50-29-43(35)37-14-8-15-40(45)48(37)38/h1-29H. The molecule has 0 radical (unpaired) electrons. The molecule has 0 amide bonds. The van der Waals surface area contributed by atoms with Crippen LogP contribution >= 0.6 is 0 Å². The van der Waals surface area contributed by atoms with Gasteiger partial charge in [-0.2, -0.15) is 0 Å². The van der Waals surface area contributed by atoms with Crippen molar-refractivity contribution in [2.75, 3.05) is 0 Å². The van der Waals surface area contributed by atoms with E-state index >= 15 is 0 Å². The summed E-state index contributed by atoms with van der Waals surface area (Å²) in [5.74, 6) is 0. The van der Waals surface area contributed by atoms with Gasteiger partial charge in [0.2, 0.25) is 0 Å². The van der Waals surface area contributed by atoms with Gasteiger partial charge < -0.3 is 9.13 Å². The maximum Gasteiger partial charge on any atom is 0.0619 e. The second kappa shape index (κ2) is 10.3. The van der Waals surface area contributed by atoms with Crippen LogP contribution in [0.1, 0.15) is 0 Å². The number of benzene rings is 8. The van der Waals surface area contributed by atoms with Crippen LogP contribution in [0.2, 0.25) is 0 Å². The molecule has 3 aromatic heterocycles. The lowest BCUT2D eigenvalue weighted by Crippen LogP contribution is -1.96. The van der Waals surface area contributed by atoms with Crippen molar-refractivity contribution in [3.8, 4) is 44.8 Å². The Bertz CT molecular complexity index is 3260. The minimum absolute atomic E-state index is 1.17. The normalized spacial score (nSPS) is 12.2. The summed E-state index contributed by atoms with van der Waals surface area (Å²) in [4.78, 5) is 4.49. The summed E-state index contributed by atoms with van der Waals surface area (Å²) in [6, 6.07) is 60.3. The van der Waals surface area contributed by atoms with Crippen molar-refractivity contribution in [2.24, 2.45) is 0 Å². The van der Waals surface area contributed by atoms with Crippen molar-refractivity contribution in [3.63, 3.8) is 0 Å². The molecule has 0 saturated heterocycles. The summed E-state index contributed by atoms with van der Waals surface area (Å²) < 4.78 is 4.89. The molecule has 12 rings (SSSR count). The van der Waals surface area contributed by atoms with Crippen molar-refractivity contribution in [3.05, 3.63) is 176 Å². The molecule has 240 valence electrons. The number of nitrogens with zero attached hydrogens (tertiary/aromatic N) is 3. The number of para-hydroxylation sites is 2. The molecule has 52 heavy (non-hydrogen) atoms. The zero-order valence-electron chi connectivity index (χ0n) is 28.1. The summed E-state index contributed by atoms with van der Waals surface area (Å²) >= 11 is 0.